The molecule has 0 radical (unpaired) electrons. The lowest BCUT2D eigenvalue weighted by Crippen LogP contribution is -2.38. The van der Waals surface area contributed by atoms with Crippen LogP contribution in [0.25, 0.3) is 12.2 Å². The van der Waals surface area contributed by atoms with E-state index in [1.165, 1.54) is 12.1 Å². The number of carbonyl (C=O) groups excluding carboxylic acids is 1. The number of methoxy groups -OCH3 is 1. The van der Waals surface area contributed by atoms with Gasteiger partial charge in [-0.2, -0.15) is 4.98 Å². The number of anilines is 1. The summed E-state index contributed by atoms with van der Waals surface area (Å²) in [6.07, 6.45) is 4.41. The van der Waals surface area contributed by atoms with Crippen LogP contribution in [0, 0.1) is 5.92 Å². The summed E-state index contributed by atoms with van der Waals surface area (Å²) in [5.74, 6) is 0.420. The highest BCUT2D eigenvalue weighted by Crippen LogP contribution is 2.34. The van der Waals surface area contributed by atoms with Crippen molar-refractivity contribution in [3.63, 3.8) is 0 Å². The molecule has 1 aliphatic heterocycles. The highest BCUT2D eigenvalue weighted by atomic mass is 32.2. The Hall–Kier alpha value is -3.59. The first kappa shape index (κ1) is 22.6. The van der Waals surface area contributed by atoms with Crippen molar-refractivity contribution in [2.45, 2.75) is 22.8 Å². The molecule has 0 aliphatic carbocycles. The lowest BCUT2D eigenvalue weighted by atomic mass is 9.96. The number of piperidine rings is 1. The van der Waals surface area contributed by atoms with Gasteiger partial charge < -0.3 is 19.8 Å². The molecule has 0 spiro atoms. The lowest BCUT2D eigenvalue weighted by molar-refractivity contribution is -0.122. The third-order valence-electron chi connectivity index (χ3n) is 5.63. The van der Waals surface area contributed by atoms with E-state index in [4.69, 9.17) is 14.9 Å². The molecule has 2 N–H and O–H groups in total. The zero-order chi connectivity index (χ0) is 23.4. The zero-order valence-electron chi connectivity index (χ0n) is 18.2. The predicted molar refractivity (Wildman–Crippen MR) is 124 cm³/mol. The van der Waals surface area contributed by atoms with Crippen molar-refractivity contribution in [2.75, 3.05) is 25.1 Å². The van der Waals surface area contributed by atoms with Crippen LogP contribution in [-0.4, -0.2) is 39.5 Å². The molecule has 2 heterocycles. The number of hydrogen-bond acceptors (Lipinski definition) is 7. The molecule has 0 bridgehead atoms. The van der Waals surface area contributed by atoms with Gasteiger partial charge in [0, 0.05) is 30.6 Å². The zero-order valence-corrected chi connectivity index (χ0v) is 19.0. The van der Waals surface area contributed by atoms with Gasteiger partial charge >= 0.3 is 0 Å². The Balaban J connectivity index is 1.72. The number of oxazole rings is 1. The van der Waals surface area contributed by atoms with Gasteiger partial charge in [-0.3, -0.25) is 4.79 Å². The number of hydrogen-bond donors (Lipinski definition) is 1. The number of nitrogens with zero attached hydrogens (tertiary/aromatic N) is 2. The van der Waals surface area contributed by atoms with Crippen LogP contribution < -0.4 is 15.4 Å². The van der Waals surface area contributed by atoms with Gasteiger partial charge in [0.15, 0.2) is 0 Å². The first-order chi connectivity index (χ1) is 15.9. The normalized spacial score (nSPS) is 15.1. The highest BCUT2D eigenvalue weighted by Gasteiger charge is 2.33. The molecule has 1 amide bonds. The van der Waals surface area contributed by atoms with E-state index in [1.54, 1.807) is 37.5 Å². The summed E-state index contributed by atoms with van der Waals surface area (Å²) >= 11 is 0. The largest absolute Gasteiger partial charge is 0.496 e. The topological polar surface area (TPSA) is 116 Å². The minimum Gasteiger partial charge on any atom is -0.496 e. The Morgan fingerprint density at radius 3 is 2.42 bits per heavy atom. The third-order valence-corrected chi connectivity index (χ3v) is 7.30. The van der Waals surface area contributed by atoms with Crippen molar-refractivity contribution in [2.24, 2.45) is 11.7 Å². The Morgan fingerprint density at radius 2 is 1.76 bits per heavy atom. The molecule has 33 heavy (non-hydrogen) atoms. The van der Waals surface area contributed by atoms with Crippen molar-refractivity contribution in [1.29, 1.82) is 0 Å². The van der Waals surface area contributed by atoms with Crippen LogP contribution in [0.4, 0.5) is 5.88 Å². The van der Waals surface area contributed by atoms with E-state index in [0.29, 0.717) is 31.7 Å². The number of sulfone groups is 1. The molecule has 0 atom stereocenters. The Labute approximate surface area is 192 Å². The molecule has 1 fully saturated rings. The fraction of sp³-hybridized carbons (Fsp3) is 0.250. The van der Waals surface area contributed by atoms with Gasteiger partial charge in [0.25, 0.3) is 0 Å². The molecule has 0 unspecified atom stereocenters. The summed E-state index contributed by atoms with van der Waals surface area (Å²) in [5, 5.41) is -0.147. The number of carbonyl (C=O) groups is 1. The number of primary amides is 1. The summed E-state index contributed by atoms with van der Waals surface area (Å²) in [7, 11) is -2.34. The quantitative estimate of drug-likeness (QED) is 0.566. The number of amides is 1. The average molecular weight is 468 g/mol. The molecule has 0 saturated carbocycles. The van der Waals surface area contributed by atoms with Crippen molar-refractivity contribution >= 4 is 33.8 Å². The number of ether oxygens (including phenoxy) is 1. The van der Waals surface area contributed by atoms with E-state index in [1.807, 2.05) is 29.2 Å². The Bertz CT molecular complexity index is 1260. The van der Waals surface area contributed by atoms with Gasteiger partial charge in [0.1, 0.15) is 5.75 Å². The molecule has 9 heteroatoms. The van der Waals surface area contributed by atoms with E-state index in [2.05, 4.69) is 4.98 Å². The smallest absolute Gasteiger partial charge is 0.236 e. The first-order valence-corrected chi connectivity index (χ1v) is 12.0. The Morgan fingerprint density at radius 1 is 1.09 bits per heavy atom. The van der Waals surface area contributed by atoms with E-state index in [9.17, 15) is 13.2 Å². The number of nitrogens with two attached hydrogens (primary N) is 1. The molecular weight excluding hydrogens is 442 g/mol. The molecule has 8 nitrogen and oxygen atoms in total. The molecule has 3 aromatic rings. The van der Waals surface area contributed by atoms with Crippen molar-refractivity contribution < 1.29 is 22.4 Å². The van der Waals surface area contributed by atoms with Crippen LogP contribution in [-0.2, 0) is 14.6 Å². The molecule has 2 aromatic carbocycles. The molecule has 4 rings (SSSR count). The van der Waals surface area contributed by atoms with Crippen molar-refractivity contribution in [1.82, 2.24) is 4.98 Å². The van der Waals surface area contributed by atoms with Crippen LogP contribution in [0.5, 0.6) is 5.75 Å². The monoisotopic (exact) mass is 467 g/mol. The Kier molecular flexibility index (Phi) is 6.50. The van der Waals surface area contributed by atoms with Crippen LogP contribution >= 0.6 is 0 Å². The summed E-state index contributed by atoms with van der Waals surface area (Å²) in [6, 6.07) is 15.6. The summed E-state index contributed by atoms with van der Waals surface area (Å²) < 4.78 is 38.1. The van der Waals surface area contributed by atoms with E-state index in [0.717, 1.165) is 5.56 Å². The second kappa shape index (κ2) is 9.50. The van der Waals surface area contributed by atoms with E-state index in [-0.39, 0.29) is 33.5 Å². The lowest BCUT2D eigenvalue weighted by Gasteiger charge is -2.30. The van der Waals surface area contributed by atoms with Crippen LogP contribution in [0.15, 0.2) is 68.9 Å². The minimum absolute atomic E-state index is 0.131. The third kappa shape index (κ3) is 4.78. The van der Waals surface area contributed by atoms with Gasteiger partial charge in [-0.1, -0.05) is 36.4 Å². The SMILES string of the molecule is COc1ccccc1/C=C/c1nc(S(=O)(=O)c2ccccc2)c(N2CCC(C(N)=O)CC2)o1. The summed E-state index contributed by atoms with van der Waals surface area (Å²) in [6.45, 7) is 0.881. The number of rotatable bonds is 7. The number of aromatic nitrogens is 1. The van der Waals surface area contributed by atoms with Gasteiger partial charge in [0.05, 0.1) is 12.0 Å². The molecule has 172 valence electrons. The fourth-order valence-electron chi connectivity index (χ4n) is 3.80. The molecule has 1 saturated heterocycles. The van der Waals surface area contributed by atoms with E-state index < -0.39 is 9.84 Å². The molecule has 1 aromatic heterocycles. The van der Waals surface area contributed by atoms with Crippen molar-refractivity contribution in [3.8, 4) is 5.75 Å². The number of para-hydroxylation sites is 1. The number of benzene rings is 2. The van der Waals surface area contributed by atoms with E-state index >= 15 is 0 Å². The van der Waals surface area contributed by atoms with Crippen molar-refractivity contribution in [3.05, 3.63) is 66.1 Å². The van der Waals surface area contributed by atoms with Crippen LogP contribution in [0.3, 0.4) is 0 Å². The average Bonchev–Trinajstić information content (AvgIpc) is 3.29. The molecular formula is C24H25N3O5S. The van der Waals surface area contributed by atoms with Gasteiger partial charge in [-0.05, 0) is 37.1 Å². The maximum Gasteiger partial charge on any atom is 0.236 e. The summed E-state index contributed by atoms with van der Waals surface area (Å²) in [4.78, 5) is 17.8. The predicted octanol–water partition coefficient (Wildman–Crippen LogP) is 3.39. The second-order valence-electron chi connectivity index (χ2n) is 7.72. The second-order valence-corrected chi connectivity index (χ2v) is 9.58. The minimum atomic E-state index is -3.92. The van der Waals surface area contributed by atoms with Gasteiger partial charge in [-0.25, -0.2) is 8.42 Å². The van der Waals surface area contributed by atoms with Crippen LogP contribution in [0.1, 0.15) is 24.3 Å². The fourth-order valence-corrected chi connectivity index (χ4v) is 5.15. The first-order valence-electron chi connectivity index (χ1n) is 10.6. The molecule has 1 aliphatic rings. The van der Waals surface area contributed by atoms with Gasteiger partial charge in [0.2, 0.25) is 32.5 Å². The van der Waals surface area contributed by atoms with Gasteiger partial charge in [-0.15, -0.1) is 0 Å². The standard InChI is InChI=1S/C24H25N3O5S/c1-31-20-10-6-5-7-17(20)11-12-21-26-23(33(29,30)19-8-3-2-4-9-19)24(32-21)27-15-13-18(14-16-27)22(25)28/h2-12,18H,13-16H2,1H3,(H2,25,28)/b12-11+. The highest BCUT2D eigenvalue weighted by molar-refractivity contribution is 7.91. The maximum atomic E-state index is 13.4. The summed E-state index contributed by atoms with van der Waals surface area (Å²) in [5.41, 5.74) is 6.24. The maximum absolute atomic E-state index is 13.4. The van der Waals surface area contributed by atoms with Crippen LogP contribution in [0.2, 0.25) is 0 Å².